The van der Waals surface area contributed by atoms with Gasteiger partial charge in [0.05, 0.1) is 5.56 Å². The number of para-hydroxylation sites is 1. The van der Waals surface area contributed by atoms with Crippen LogP contribution < -0.4 is 4.74 Å². The molecular formula is C11H10ClNO2. The summed E-state index contributed by atoms with van der Waals surface area (Å²) in [5.74, 6) is 0.360. The Balaban J connectivity index is 3.00. The van der Waals surface area contributed by atoms with E-state index in [1.165, 1.54) is 0 Å². The van der Waals surface area contributed by atoms with Crippen LogP contribution in [0.1, 0.15) is 19.4 Å². The van der Waals surface area contributed by atoms with Crippen molar-refractivity contribution in [3.63, 3.8) is 0 Å². The van der Waals surface area contributed by atoms with E-state index in [1.54, 1.807) is 38.1 Å². The van der Waals surface area contributed by atoms with Crippen LogP contribution in [-0.2, 0) is 4.79 Å². The molecule has 0 heterocycles. The monoisotopic (exact) mass is 223 g/mol. The van der Waals surface area contributed by atoms with Crippen LogP contribution in [0, 0.1) is 11.3 Å². The average molecular weight is 224 g/mol. The number of nitrogens with zero attached hydrogens (tertiary/aromatic N) is 1. The molecule has 0 aromatic heterocycles. The smallest absolute Gasteiger partial charge is 0.264 e. The SMILES string of the molecule is CC(C)(Oc1ccccc1C#N)C(=O)Cl. The van der Waals surface area contributed by atoms with Crippen molar-refractivity contribution in [2.75, 3.05) is 0 Å². The summed E-state index contributed by atoms with van der Waals surface area (Å²) in [7, 11) is 0. The maximum absolute atomic E-state index is 11.0. The summed E-state index contributed by atoms with van der Waals surface area (Å²) in [4.78, 5) is 11.0. The Hall–Kier alpha value is -1.53. The van der Waals surface area contributed by atoms with E-state index in [0.717, 1.165) is 0 Å². The molecule has 1 aromatic rings. The van der Waals surface area contributed by atoms with E-state index >= 15 is 0 Å². The fraction of sp³-hybridized carbons (Fsp3) is 0.273. The molecule has 0 aliphatic rings. The summed E-state index contributed by atoms with van der Waals surface area (Å²) in [5, 5.41) is 8.20. The van der Waals surface area contributed by atoms with E-state index in [1.807, 2.05) is 6.07 Å². The van der Waals surface area contributed by atoms with Gasteiger partial charge in [-0.05, 0) is 37.6 Å². The molecule has 4 heteroatoms. The summed E-state index contributed by atoms with van der Waals surface area (Å²) in [6, 6.07) is 8.67. The Morgan fingerprint density at radius 1 is 1.47 bits per heavy atom. The Kier molecular flexibility index (Phi) is 3.33. The number of halogens is 1. The number of carbonyl (C=O) groups excluding carboxylic acids is 1. The fourth-order valence-corrected chi connectivity index (χ4v) is 1.00. The summed E-state index contributed by atoms with van der Waals surface area (Å²) >= 11 is 5.37. The van der Waals surface area contributed by atoms with E-state index in [0.29, 0.717) is 11.3 Å². The molecule has 0 aliphatic heterocycles. The zero-order valence-electron chi connectivity index (χ0n) is 8.45. The molecule has 0 unspecified atom stereocenters. The predicted molar refractivity (Wildman–Crippen MR) is 56.7 cm³/mol. The first-order valence-corrected chi connectivity index (χ1v) is 4.73. The minimum Gasteiger partial charge on any atom is -0.477 e. The van der Waals surface area contributed by atoms with Gasteiger partial charge in [0.2, 0.25) is 0 Å². The topological polar surface area (TPSA) is 50.1 Å². The van der Waals surface area contributed by atoms with Crippen LogP contribution in [0.25, 0.3) is 0 Å². The largest absolute Gasteiger partial charge is 0.477 e. The first-order chi connectivity index (χ1) is 6.97. The van der Waals surface area contributed by atoms with Crippen molar-refractivity contribution in [3.05, 3.63) is 29.8 Å². The Bertz CT molecular complexity index is 421. The van der Waals surface area contributed by atoms with Gasteiger partial charge in [0.15, 0.2) is 5.60 Å². The number of ether oxygens (including phenoxy) is 1. The maximum atomic E-state index is 11.0. The van der Waals surface area contributed by atoms with Gasteiger partial charge >= 0.3 is 0 Å². The molecule has 1 aromatic carbocycles. The van der Waals surface area contributed by atoms with Crippen LogP contribution in [0.15, 0.2) is 24.3 Å². The molecule has 15 heavy (non-hydrogen) atoms. The van der Waals surface area contributed by atoms with Crippen molar-refractivity contribution in [3.8, 4) is 11.8 Å². The van der Waals surface area contributed by atoms with Crippen molar-refractivity contribution in [2.45, 2.75) is 19.4 Å². The summed E-state index contributed by atoms with van der Waals surface area (Å²) in [6.07, 6.45) is 0. The van der Waals surface area contributed by atoms with E-state index < -0.39 is 10.8 Å². The highest BCUT2D eigenvalue weighted by Gasteiger charge is 2.28. The lowest BCUT2D eigenvalue weighted by atomic mass is 10.1. The Labute approximate surface area is 93.2 Å². The molecular weight excluding hydrogens is 214 g/mol. The molecule has 0 saturated carbocycles. The van der Waals surface area contributed by atoms with Crippen molar-refractivity contribution < 1.29 is 9.53 Å². The highest BCUT2D eigenvalue weighted by atomic mass is 35.5. The third-order valence-corrected chi connectivity index (χ3v) is 2.30. The molecule has 0 aliphatic carbocycles. The van der Waals surface area contributed by atoms with Gasteiger partial charge in [0.25, 0.3) is 5.24 Å². The molecule has 0 N–H and O–H groups in total. The van der Waals surface area contributed by atoms with Crippen molar-refractivity contribution >= 4 is 16.8 Å². The third-order valence-electron chi connectivity index (χ3n) is 1.85. The minimum atomic E-state index is -1.13. The van der Waals surface area contributed by atoms with Gasteiger partial charge in [-0.15, -0.1) is 0 Å². The number of rotatable bonds is 3. The standard InChI is InChI=1S/C11H10ClNO2/c1-11(2,10(12)14)15-9-6-4-3-5-8(9)7-13/h3-6H,1-2H3. The van der Waals surface area contributed by atoms with Gasteiger partial charge < -0.3 is 4.74 Å². The zero-order chi connectivity index (χ0) is 11.5. The van der Waals surface area contributed by atoms with E-state index in [-0.39, 0.29) is 0 Å². The summed E-state index contributed by atoms with van der Waals surface area (Å²) in [5.41, 5.74) is -0.752. The lowest BCUT2D eigenvalue weighted by Gasteiger charge is -2.22. The van der Waals surface area contributed by atoms with Crippen LogP contribution in [0.4, 0.5) is 0 Å². The molecule has 0 saturated heterocycles. The minimum absolute atomic E-state index is 0.360. The molecule has 0 atom stereocenters. The van der Waals surface area contributed by atoms with E-state index in [9.17, 15) is 4.79 Å². The van der Waals surface area contributed by atoms with Gasteiger partial charge in [-0.3, -0.25) is 4.79 Å². The van der Waals surface area contributed by atoms with Gasteiger partial charge in [-0.2, -0.15) is 5.26 Å². The highest BCUT2D eigenvalue weighted by Crippen LogP contribution is 2.23. The van der Waals surface area contributed by atoms with Crippen LogP contribution >= 0.6 is 11.6 Å². The molecule has 78 valence electrons. The zero-order valence-corrected chi connectivity index (χ0v) is 9.21. The predicted octanol–water partition coefficient (Wildman–Crippen LogP) is 2.48. The maximum Gasteiger partial charge on any atom is 0.264 e. The molecule has 0 radical (unpaired) electrons. The first kappa shape index (κ1) is 11.5. The first-order valence-electron chi connectivity index (χ1n) is 4.35. The highest BCUT2D eigenvalue weighted by molar-refractivity contribution is 6.65. The number of benzene rings is 1. The van der Waals surface area contributed by atoms with Crippen LogP contribution in [0.3, 0.4) is 0 Å². The number of hydrogen-bond acceptors (Lipinski definition) is 3. The molecule has 0 amide bonds. The van der Waals surface area contributed by atoms with Crippen molar-refractivity contribution in [1.29, 1.82) is 5.26 Å². The van der Waals surface area contributed by atoms with Gasteiger partial charge in [-0.1, -0.05) is 12.1 Å². The normalized spacial score (nSPS) is 10.5. The second-order valence-corrected chi connectivity index (χ2v) is 3.84. The fourth-order valence-electron chi connectivity index (χ4n) is 0.963. The average Bonchev–Trinajstić information content (AvgIpc) is 2.18. The Morgan fingerprint density at radius 2 is 2.07 bits per heavy atom. The molecule has 0 bridgehead atoms. The van der Waals surface area contributed by atoms with Gasteiger partial charge in [-0.25, -0.2) is 0 Å². The molecule has 1 rings (SSSR count). The third kappa shape index (κ3) is 2.71. The van der Waals surface area contributed by atoms with Crippen molar-refractivity contribution in [2.24, 2.45) is 0 Å². The number of hydrogen-bond donors (Lipinski definition) is 0. The van der Waals surface area contributed by atoms with Crippen LogP contribution in [-0.4, -0.2) is 10.8 Å². The molecule has 3 nitrogen and oxygen atoms in total. The van der Waals surface area contributed by atoms with Gasteiger partial charge in [0, 0.05) is 0 Å². The molecule has 0 spiro atoms. The van der Waals surface area contributed by atoms with E-state index in [4.69, 9.17) is 21.6 Å². The van der Waals surface area contributed by atoms with Crippen molar-refractivity contribution in [1.82, 2.24) is 0 Å². The van der Waals surface area contributed by atoms with Gasteiger partial charge in [0.1, 0.15) is 11.8 Å². The lowest BCUT2D eigenvalue weighted by molar-refractivity contribution is -0.123. The second kappa shape index (κ2) is 4.33. The summed E-state index contributed by atoms with van der Waals surface area (Å²) in [6.45, 7) is 3.10. The molecule has 0 fully saturated rings. The number of carbonyl (C=O) groups is 1. The van der Waals surface area contributed by atoms with Crippen LogP contribution in [0.2, 0.25) is 0 Å². The quantitative estimate of drug-likeness (QED) is 0.740. The second-order valence-electron chi connectivity index (χ2n) is 3.49. The lowest BCUT2D eigenvalue weighted by Crippen LogP contribution is -2.35. The summed E-state index contributed by atoms with van der Waals surface area (Å²) < 4.78 is 5.38. The van der Waals surface area contributed by atoms with E-state index in [2.05, 4.69) is 0 Å². The Morgan fingerprint density at radius 3 is 2.60 bits per heavy atom. The van der Waals surface area contributed by atoms with Crippen LogP contribution in [0.5, 0.6) is 5.75 Å². The number of nitriles is 1.